The summed E-state index contributed by atoms with van der Waals surface area (Å²) < 4.78 is 68.8. The normalized spacial score (nSPS) is 14.0. The molecule has 0 aromatic heterocycles. The molecule has 0 fully saturated rings. The predicted molar refractivity (Wildman–Crippen MR) is 414 cm³/mol. The van der Waals surface area contributed by atoms with Gasteiger partial charge in [0.1, 0.15) is 19.3 Å². The Balaban J connectivity index is 5.23. The Morgan fingerprint density at radius 1 is 0.267 bits per heavy atom. The smallest absolute Gasteiger partial charge is 0.462 e. The molecule has 19 heteroatoms. The number of carbonyl (C=O) groups is 4. The van der Waals surface area contributed by atoms with Crippen LogP contribution < -0.4 is 0 Å². The van der Waals surface area contributed by atoms with E-state index in [4.69, 9.17) is 37.0 Å². The number of esters is 4. The van der Waals surface area contributed by atoms with Crippen LogP contribution in [-0.4, -0.2) is 96.7 Å². The fourth-order valence-electron chi connectivity index (χ4n) is 12.7. The Kier molecular flexibility index (Phi) is 70.9. The van der Waals surface area contributed by atoms with Gasteiger partial charge in [-0.3, -0.25) is 37.3 Å². The van der Waals surface area contributed by atoms with Gasteiger partial charge < -0.3 is 33.8 Å². The molecule has 0 heterocycles. The molecule has 2 unspecified atom stereocenters. The van der Waals surface area contributed by atoms with Gasteiger partial charge in [-0.2, -0.15) is 0 Å². The van der Waals surface area contributed by atoms with E-state index in [1.807, 2.05) is 0 Å². The zero-order valence-electron chi connectivity index (χ0n) is 66.4. The molecule has 0 aromatic carbocycles. The molecule has 0 bridgehead atoms. The van der Waals surface area contributed by atoms with Gasteiger partial charge in [0.2, 0.25) is 0 Å². The van der Waals surface area contributed by atoms with Crippen LogP contribution >= 0.6 is 15.6 Å². The molecule has 5 atom stereocenters. The topological polar surface area (TPSA) is 237 Å². The standard InChI is InChI=1S/C82H160O17P2/c1-8-9-10-11-12-13-25-35-42-49-56-63-79(84)92-69-77(99-82(87)66-59-52-45-38-31-24-28-34-41-48-55-62-75(6)7)71-96-100(88,89)94-67-76(83)68-95-101(90,91)97-72-78(70-93-80(85)64-57-50-43-36-29-23-22-27-33-40-47-54-61-74(4)5)98-81(86)65-58-51-44-37-30-21-19-17-15-14-16-18-20-26-32-39-46-53-60-73(2)3/h73-78,83H,8-72H2,1-7H3,(H,88,89)(H,90,91)/t76-,77+,78+/m0/s1. The molecule has 600 valence electrons. The molecule has 101 heavy (non-hydrogen) atoms. The summed E-state index contributed by atoms with van der Waals surface area (Å²) in [5.41, 5.74) is 0. The molecule has 17 nitrogen and oxygen atoms in total. The van der Waals surface area contributed by atoms with E-state index < -0.39 is 97.5 Å². The van der Waals surface area contributed by atoms with Crippen molar-refractivity contribution in [2.75, 3.05) is 39.6 Å². The monoisotopic (exact) mass is 1480 g/mol. The number of hydrogen-bond acceptors (Lipinski definition) is 15. The Bertz CT molecular complexity index is 1960. The molecule has 0 rings (SSSR count). The summed E-state index contributed by atoms with van der Waals surface area (Å²) in [7, 11) is -9.92. The van der Waals surface area contributed by atoms with Crippen molar-refractivity contribution in [1.82, 2.24) is 0 Å². The van der Waals surface area contributed by atoms with E-state index in [1.54, 1.807) is 0 Å². The average molecular weight is 1480 g/mol. The number of hydrogen-bond donors (Lipinski definition) is 3. The van der Waals surface area contributed by atoms with Gasteiger partial charge in [0.05, 0.1) is 26.4 Å². The number of aliphatic hydroxyl groups excluding tert-OH is 1. The molecule has 0 spiro atoms. The van der Waals surface area contributed by atoms with Crippen LogP contribution in [0.5, 0.6) is 0 Å². The van der Waals surface area contributed by atoms with Crippen LogP contribution in [-0.2, 0) is 65.4 Å². The summed E-state index contributed by atoms with van der Waals surface area (Å²) in [5.74, 6) is 0.259. The molecule has 0 radical (unpaired) electrons. The average Bonchev–Trinajstić information content (AvgIpc) is 0.949. The minimum absolute atomic E-state index is 0.107. The van der Waals surface area contributed by atoms with Crippen LogP contribution in [0.15, 0.2) is 0 Å². The van der Waals surface area contributed by atoms with Gasteiger partial charge >= 0.3 is 39.5 Å². The van der Waals surface area contributed by atoms with Gasteiger partial charge in [0.15, 0.2) is 12.2 Å². The minimum atomic E-state index is -4.96. The number of aliphatic hydroxyl groups is 1. The highest BCUT2D eigenvalue weighted by molar-refractivity contribution is 7.47. The van der Waals surface area contributed by atoms with E-state index in [0.29, 0.717) is 25.7 Å². The number of rotatable bonds is 80. The highest BCUT2D eigenvalue weighted by atomic mass is 31.2. The molecule has 0 aliphatic heterocycles. The van der Waals surface area contributed by atoms with Gasteiger partial charge in [-0.15, -0.1) is 0 Å². The molecule has 0 saturated heterocycles. The molecule has 0 aliphatic rings. The molecule has 0 amide bonds. The van der Waals surface area contributed by atoms with Gasteiger partial charge in [-0.05, 0) is 43.4 Å². The maximum Gasteiger partial charge on any atom is 0.472 e. The fourth-order valence-corrected chi connectivity index (χ4v) is 14.2. The number of ether oxygens (including phenoxy) is 4. The number of phosphoric acid groups is 2. The third-order valence-corrected chi connectivity index (χ3v) is 21.0. The Labute approximate surface area is 619 Å². The zero-order valence-corrected chi connectivity index (χ0v) is 68.2. The van der Waals surface area contributed by atoms with Gasteiger partial charge in [0.25, 0.3) is 0 Å². The number of phosphoric ester groups is 2. The lowest BCUT2D eigenvalue weighted by atomic mass is 10.0. The molecule has 0 aliphatic carbocycles. The second-order valence-electron chi connectivity index (χ2n) is 30.9. The lowest BCUT2D eigenvalue weighted by molar-refractivity contribution is -0.161. The van der Waals surface area contributed by atoms with Crippen LogP contribution in [0.3, 0.4) is 0 Å². The Morgan fingerprint density at radius 3 is 0.673 bits per heavy atom. The quantitative estimate of drug-likeness (QED) is 0.0222. The van der Waals surface area contributed by atoms with E-state index in [-0.39, 0.29) is 25.7 Å². The second-order valence-corrected chi connectivity index (χ2v) is 33.8. The first-order chi connectivity index (χ1) is 48.7. The van der Waals surface area contributed by atoms with E-state index in [1.165, 1.54) is 238 Å². The summed E-state index contributed by atoms with van der Waals surface area (Å²) in [5, 5.41) is 10.6. The Hall–Kier alpha value is -1.94. The third-order valence-electron chi connectivity index (χ3n) is 19.1. The van der Waals surface area contributed by atoms with Crippen molar-refractivity contribution in [3.05, 3.63) is 0 Å². The first kappa shape index (κ1) is 99.1. The van der Waals surface area contributed by atoms with Crippen LogP contribution in [0, 0.1) is 17.8 Å². The molecule has 0 aromatic rings. The predicted octanol–water partition coefficient (Wildman–Crippen LogP) is 24.5. The van der Waals surface area contributed by atoms with Gasteiger partial charge in [-0.25, -0.2) is 9.13 Å². The lowest BCUT2D eigenvalue weighted by Crippen LogP contribution is -2.30. The van der Waals surface area contributed by atoms with E-state index in [9.17, 15) is 43.2 Å². The Morgan fingerprint density at radius 2 is 0.455 bits per heavy atom. The van der Waals surface area contributed by atoms with E-state index in [2.05, 4.69) is 48.5 Å². The second kappa shape index (κ2) is 72.3. The summed E-state index contributed by atoms with van der Waals surface area (Å²) in [4.78, 5) is 73.1. The van der Waals surface area contributed by atoms with Crippen LogP contribution in [0.1, 0.15) is 427 Å². The highest BCUT2D eigenvalue weighted by Gasteiger charge is 2.30. The van der Waals surface area contributed by atoms with Crippen LogP contribution in [0.25, 0.3) is 0 Å². The van der Waals surface area contributed by atoms with Gasteiger partial charge in [0, 0.05) is 25.7 Å². The van der Waals surface area contributed by atoms with E-state index in [0.717, 1.165) is 108 Å². The number of unbranched alkanes of at least 4 members (excludes halogenated alkanes) is 48. The molecular formula is C82H160O17P2. The van der Waals surface area contributed by atoms with Crippen molar-refractivity contribution < 1.29 is 80.2 Å². The van der Waals surface area contributed by atoms with Gasteiger partial charge in [-0.1, -0.05) is 376 Å². The summed E-state index contributed by atoms with van der Waals surface area (Å²) in [6, 6.07) is 0. The maximum absolute atomic E-state index is 13.1. The minimum Gasteiger partial charge on any atom is -0.462 e. The number of carbonyl (C=O) groups excluding carboxylic acids is 4. The highest BCUT2D eigenvalue weighted by Crippen LogP contribution is 2.45. The van der Waals surface area contributed by atoms with Crippen molar-refractivity contribution >= 4 is 39.5 Å². The summed E-state index contributed by atoms with van der Waals surface area (Å²) >= 11 is 0. The van der Waals surface area contributed by atoms with Crippen molar-refractivity contribution in [2.45, 2.75) is 446 Å². The molecule has 3 N–H and O–H groups in total. The fraction of sp³-hybridized carbons (Fsp3) is 0.951. The van der Waals surface area contributed by atoms with E-state index >= 15 is 0 Å². The lowest BCUT2D eigenvalue weighted by Gasteiger charge is -2.21. The van der Waals surface area contributed by atoms with Crippen molar-refractivity contribution in [3.8, 4) is 0 Å². The zero-order chi connectivity index (χ0) is 74.4. The van der Waals surface area contributed by atoms with Crippen LogP contribution in [0.2, 0.25) is 0 Å². The molecular weight excluding hydrogens is 1320 g/mol. The first-order valence-electron chi connectivity index (χ1n) is 42.3. The van der Waals surface area contributed by atoms with Crippen molar-refractivity contribution in [2.24, 2.45) is 17.8 Å². The SMILES string of the molecule is CCCCCCCCCCCCCC(=O)OC[C@H](COP(=O)(O)OC[C@H](O)COP(=O)(O)OC[C@@H](COC(=O)CCCCCCCCCCCCCCC(C)C)OC(=O)CCCCCCCCCCCCCCCCCCCCC(C)C)OC(=O)CCCCCCCCCCCCCC(C)C. The van der Waals surface area contributed by atoms with Crippen molar-refractivity contribution in [1.29, 1.82) is 0 Å². The largest absolute Gasteiger partial charge is 0.472 e. The van der Waals surface area contributed by atoms with Crippen molar-refractivity contribution in [3.63, 3.8) is 0 Å². The summed E-state index contributed by atoms with van der Waals surface area (Å²) in [6.45, 7) is 12.0. The first-order valence-corrected chi connectivity index (χ1v) is 45.3. The molecule has 0 saturated carbocycles. The van der Waals surface area contributed by atoms with Crippen LogP contribution in [0.4, 0.5) is 0 Å². The maximum atomic E-state index is 13.1. The third kappa shape index (κ3) is 76.1. The summed E-state index contributed by atoms with van der Waals surface area (Å²) in [6.07, 6.45) is 61.0.